The van der Waals surface area contributed by atoms with Gasteiger partial charge in [-0.2, -0.15) is 0 Å². The molecule has 0 atom stereocenters. The molecule has 1 N–H and O–H groups in total. The van der Waals surface area contributed by atoms with E-state index in [9.17, 15) is 9.59 Å². The van der Waals surface area contributed by atoms with E-state index < -0.39 is 0 Å². The fraction of sp³-hybridized carbons (Fsp3) is 0.714. The van der Waals surface area contributed by atoms with E-state index in [0.29, 0.717) is 39.1 Å². The van der Waals surface area contributed by atoms with Crippen LogP contribution in [0.5, 0.6) is 0 Å². The fourth-order valence-corrected chi connectivity index (χ4v) is 0.541. The number of hydrogen-bond donors (Lipinski definition) is 1. The lowest BCUT2D eigenvalue weighted by molar-refractivity contribution is -0.112. The van der Waals surface area contributed by atoms with Crippen molar-refractivity contribution in [1.29, 1.82) is 0 Å². The molecule has 0 unspecified atom stereocenters. The van der Waals surface area contributed by atoms with Crippen molar-refractivity contribution in [3.8, 4) is 0 Å². The van der Waals surface area contributed by atoms with Crippen LogP contribution in [0.15, 0.2) is 0 Å². The largest absolute Gasteiger partial charge is 0.377 e. The van der Waals surface area contributed by atoms with Crippen LogP contribution in [0.4, 0.5) is 0 Å². The quantitative estimate of drug-likeness (QED) is 0.359. The van der Waals surface area contributed by atoms with Crippen LogP contribution >= 0.6 is 0 Å². The van der Waals surface area contributed by atoms with E-state index in [0.717, 1.165) is 0 Å². The summed E-state index contributed by atoms with van der Waals surface area (Å²) in [6.45, 7) is 1.91. The minimum absolute atomic E-state index is 0.107. The summed E-state index contributed by atoms with van der Waals surface area (Å²) in [6.07, 6.45) is 1.31. The van der Waals surface area contributed by atoms with Crippen LogP contribution in [0.3, 0.4) is 0 Å². The predicted molar refractivity (Wildman–Crippen MR) is 41.8 cm³/mol. The van der Waals surface area contributed by atoms with Crippen LogP contribution in [0.25, 0.3) is 0 Å². The van der Waals surface area contributed by atoms with Gasteiger partial charge in [0.15, 0.2) is 0 Å². The Morgan fingerprint density at radius 3 is 2.50 bits per heavy atom. The average Bonchev–Trinajstić information content (AvgIpc) is 2.10. The molecule has 0 spiro atoms. The molecule has 0 aromatic carbocycles. The van der Waals surface area contributed by atoms with Gasteiger partial charge in [0, 0.05) is 6.54 Å². The van der Waals surface area contributed by atoms with E-state index in [2.05, 4.69) is 5.32 Å². The van der Waals surface area contributed by atoms with Crippen molar-refractivity contribution in [2.24, 2.45) is 0 Å². The third-order valence-corrected chi connectivity index (χ3v) is 1.03. The molecule has 12 heavy (non-hydrogen) atoms. The Kier molecular flexibility index (Phi) is 9.27. The number of carbonyl (C=O) groups excluding carboxylic acids is 2. The average molecular weight is 175 g/mol. The third kappa shape index (κ3) is 9.06. The molecule has 0 aliphatic heterocycles. The smallest absolute Gasteiger partial charge is 0.207 e. The van der Waals surface area contributed by atoms with E-state index in [-0.39, 0.29) is 6.61 Å². The molecule has 70 valence electrons. The lowest BCUT2D eigenvalue weighted by atomic mass is 10.7. The van der Waals surface area contributed by atoms with Gasteiger partial charge in [0.05, 0.1) is 19.8 Å². The van der Waals surface area contributed by atoms with Crippen molar-refractivity contribution in [3.05, 3.63) is 0 Å². The van der Waals surface area contributed by atoms with E-state index >= 15 is 0 Å². The standard InChI is InChI=1S/C7H13NO4/c9-2-4-12-6-5-11-3-1-8-7-10/h2,7H,1,3-6H2,(H,8,10). The lowest BCUT2D eigenvalue weighted by Gasteiger charge is -2.02. The van der Waals surface area contributed by atoms with Gasteiger partial charge >= 0.3 is 0 Å². The lowest BCUT2D eigenvalue weighted by Crippen LogP contribution is -2.18. The monoisotopic (exact) mass is 175 g/mol. The second-order valence-electron chi connectivity index (χ2n) is 1.93. The molecule has 0 radical (unpaired) electrons. The molecule has 5 nitrogen and oxygen atoms in total. The molecule has 0 heterocycles. The normalized spacial score (nSPS) is 9.33. The van der Waals surface area contributed by atoms with Crippen LogP contribution in [-0.2, 0) is 19.1 Å². The molecule has 0 saturated heterocycles. The fourth-order valence-electron chi connectivity index (χ4n) is 0.541. The van der Waals surface area contributed by atoms with Crippen molar-refractivity contribution in [2.75, 3.05) is 33.0 Å². The van der Waals surface area contributed by atoms with E-state index in [1.54, 1.807) is 0 Å². The SMILES string of the molecule is O=CCOCCOCCNC=O. The molecule has 0 aromatic rings. The zero-order chi connectivity index (χ0) is 9.07. The van der Waals surface area contributed by atoms with Crippen LogP contribution in [0.2, 0.25) is 0 Å². The van der Waals surface area contributed by atoms with E-state index in [4.69, 9.17) is 9.47 Å². The number of nitrogens with one attached hydrogen (secondary N) is 1. The van der Waals surface area contributed by atoms with Gasteiger partial charge in [0.2, 0.25) is 6.41 Å². The number of amides is 1. The summed E-state index contributed by atoms with van der Waals surface area (Å²) < 4.78 is 9.83. The van der Waals surface area contributed by atoms with Crippen LogP contribution in [0.1, 0.15) is 0 Å². The zero-order valence-electron chi connectivity index (χ0n) is 6.82. The highest BCUT2D eigenvalue weighted by atomic mass is 16.5. The number of rotatable bonds is 9. The summed E-state index contributed by atoms with van der Waals surface area (Å²) in [5.74, 6) is 0. The highest BCUT2D eigenvalue weighted by Gasteiger charge is 1.87. The molecule has 0 bridgehead atoms. The van der Waals surface area contributed by atoms with Gasteiger partial charge in [-0.1, -0.05) is 0 Å². The van der Waals surface area contributed by atoms with Gasteiger partial charge in [0.25, 0.3) is 0 Å². The van der Waals surface area contributed by atoms with Gasteiger partial charge < -0.3 is 19.6 Å². The predicted octanol–water partition coefficient (Wildman–Crippen LogP) is -1.04. The summed E-state index contributed by atoms with van der Waals surface area (Å²) in [4.78, 5) is 19.5. The second-order valence-corrected chi connectivity index (χ2v) is 1.93. The van der Waals surface area contributed by atoms with Crippen molar-refractivity contribution in [1.82, 2.24) is 5.32 Å². The summed E-state index contributed by atoms with van der Waals surface area (Å²) in [7, 11) is 0. The first-order chi connectivity index (χ1) is 5.91. The van der Waals surface area contributed by atoms with Crippen LogP contribution < -0.4 is 5.32 Å². The molecule has 5 heteroatoms. The molecule has 0 rings (SSSR count). The summed E-state index contributed by atoms with van der Waals surface area (Å²) in [5.41, 5.74) is 0. The first kappa shape index (κ1) is 11.1. The summed E-state index contributed by atoms with van der Waals surface area (Å²) in [6, 6.07) is 0. The highest BCUT2D eigenvalue weighted by Crippen LogP contribution is 1.75. The van der Waals surface area contributed by atoms with Crippen molar-refractivity contribution < 1.29 is 19.1 Å². The zero-order valence-corrected chi connectivity index (χ0v) is 6.82. The van der Waals surface area contributed by atoms with Gasteiger partial charge in [-0.15, -0.1) is 0 Å². The second kappa shape index (κ2) is 10.1. The van der Waals surface area contributed by atoms with E-state index in [1.807, 2.05) is 0 Å². The van der Waals surface area contributed by atoms with E-state index in [1.165, 1.54) is 0 Å². The molecule has 0 saturated carbocycles. The topological polar surface area (TPSA) is 64.6 Å². The highest BCUT2D eigenvalue weighted by molar-refractivity contribution is 5.50. The third-order valence-electron chi connectivity index (χ3n) is 1.03. The first-order valence-corrected chi connectivity index (χ1v) is 3.68. The molecular weight excluding hydrogens is 162 g/mol. The summed E-state index contributed by atoms with van der Waals surface area (Å²) in [5, 5.41) is 2.45. The Morgan fingerprint density at radius 1 is 1.08 bits per heavy atom. The molecule has 1 amide bonds. The summed E-state index contributed by atoms with van der Waals surface area (Å²) >= 11 is 0. The van der Waals surface area contributed by atoms with Crippen molar-refractivity contribution >= 4 is 12.7 Å². The number of carbonyl (C=O) groups is 2. The maximum atomic E-state index is 9.76. The Morgan fingerprint density at radius 2 is 1.83 bits per heavy atom. The number of ether oxygens (including phenoxy) is 2. The minimum atomic E-state index is 0.107. The van der Waals surface area contributed by atoms with Gasteiger partial charge in [0.1, 0.15) is 12.9 Å². The van der Waals surface area contributed by atoms with Gasteiger partial charge in [-0.05, 0) is 0 Å². The maximum Gasteiger partial charge on any atom is 0.207 e. The van der Waals surface area contributed by atoms with Gasteiger partial charge in [-0.3, -0.25) is 4.79 Å². The molecular formula is C7H13NO4. The first-order valence-electron chi connectivity index (χ1n) is 3.68. The Balaban J connectivity index is 2.81. The van der Waals surface area contributed by atoms with Crippen molar-refractivity contribution in [3.63, 3.8) is 0 Å². The van der Waals surface area contributed by atoms with Crippen LogP contribution in [0, 0.1) is 0 Å². The molecule has 0 fully saturated rings. The number of aldehydes is 1. The molecule has 0 aliphatic rings. The maximum absolute atomic E-state index is 9.76. The molecule has 0 aliphatic carbocycles. The minimum Gasteiger partial charge on any atom is -0.377 e. The Bertz CT molecular complexity index is 104. The number of hydrogen-bond acceptors (Lipinski definition) is 4. The van der Waals surface area contributed by atoms with Crippen LogP contribution in [-0.4, -0.2) is 45.7 Å². The Hall–Kier alpha value is -0.940. The Labute approximate surface area is 71.0 Å². The van der Waals surface area contributed by atoms with Crippen molar-refractivity contribution in [2.45, 2.75) is 0 Å². The van der Waals surface area contributed by atoms with Gasteiger partial charge in [-0.25, -0.2) is 0 Å². The molecule has 0 aromatic heterocycles.